The van der Waals surface area contributed by atoms with Crippen molar-refractivity contribution < 1.29 is 14.3 Å². The zero-order valence-corrected chi connectivity index (χ0v) is 13.6. The molecule has 1 amide bonds. The van der Waals surface area contributed by atoms with Crippen molar-refractivity contribution in [3.63, 3.8) is 0 Å². The summed E-state index contributed by atoms with van der Waals surface area (Å²) in [6.45, 7) is 1.30. The van der Waals surface area contributed by atoms with Gasteiger partial charge in [0, 0.05) is 6.54 Å². The summed E-state index contributed by atoms with van der Waals surface area (Å²) in [4.78, 5) is 12.1. The maximum atomic E-state index is 12.1. The summed E-state index contributed by atoms with van der Waals surface area (Å²) >= 11 is 6.17. The molecule has 2 aromatic carbocycles. The molecule has 1 aliphatic rings. The standard InChI is InChI=1S/C18H15ClN2O3/c19-15-7-14(8-16-18(15)24-5-4-23-16)9-17(22)21-11-13-3-1-2-12(6-13)10-20/h1-3,6-8H,4-5,9,11H2,(H,21,22). The number of carbonyl (C=O) groups excluding carboxylic acids is 1. The van der Waals surface area contributed by atoms with Crippen LogP contribution in [0.3, 0.4) is 0 Å². The number of nitrogens with one attached hydrogen (secondary N) is 1. The number of rotatable bonds is 4. The minimum absolute atomic E-state index is 0.134. The van der Waals surface area contributed by atoms with Gasteiger partial charge >= 0.3 is 0 Å². The predicted molar refractivity (Wildman–Crippen MR) is 89.1 cm³/mol. The molecule has 6 heteroatoms. The predicted octanol–water partition coefficient (Wildman–Crippen LogP) is 2.84. The van der Waals surface area contributed by atoms with E-state index in [0.717, 1.165) is 11.1 Å². The first-order valence-corrected chi connectivity index (χ1v) is 7.87. The van der Waals surface area contributed by atoms with Gasteiger partial charge in [-0.25, -0.2) is 0 Å². The van der Waals surface area contributed by atoms with E-state index in [2.05, 4.69) is 11.4 Å². The number of nitriles is 1. The third kappa shape index (κ3) is 3.79. The van der Waals surface area contributed by atoms with Crippen LogP contribution in [0.1, 0.15) is 16.7 Å². The lowest BCUT2D eigenvalue weighted by atomic mass is 10.1. The molecule has 0 aromatic heterocycles. The van der Waals surface area contributed by atoms with Crippen molar-refractivity contribution in [1.29, 1.82) is 5.26 Å². The van der Waals surface area contributed by atoms with E-state index >= 15 is 0 Å². The summed E-state index contributed by atoms with van der Waals surface area (Å²) in [5.41, 5.74) is 2.20. The second kappa shape index (κ2) is 7.24. The topological polar surface area (TPSA) is 71.4 Å². The number of halogens is 1. The highest BCUT2D eigenvalue weighted by Gasteiger charge is 2.17. The fraction of sp³-hybridized carbons (Fsp3) is 0.222. The van der Waals surface area contributed by atoms with E-state index in [9.17, 15) is 4.79 Å². The molecule has 1 heterocycles. The Bertz CT molecular complexity index is 814. The van der Waals surface area contributed by atoms with Crippen molar-refractivity contribution in [2.45, 2.75) is 13.0 Å². The largest absolute Gasteiger partial charge is 0.486 e. The van der Waals surface area contributed by atoms with Crippen LogP contribution in [0.25, 0.3) is 0 Å². The average molecular weight is 343 g/mol. The summed E-state index contributed by atoms with van der Waals surface area (Å²) in [7, 11) is 0. The molecule has 3 rings (SSSR count). The van der Waals surface area contributed by atoms with Crippen molar-refractivity contribution >= 4 is 17.5 Å². The first-order valence-electron chi connectivity index (χ1n) is 7.49. The third-order valence-corrected chi connectivity index (χ3v) is 3.85. The molecule has 2 aromatic rings. The SMILES string of the molecule is N#Cc1cccc(CNC(=O)Cc2cc(Cl)c3c(c2)OCCO3)c1. The lowest BCUT2D eigenvalue weighted by Gasteiger charge is -2.20. The van der Waals surface area contributed by atoms with Crippen LogP contribution in [0.4, 0.5) is 0 Å². The lowest BCUT2D eigenvalue weighted by Crippen LogP contribution is -2.24. The lowest BCUT2D eigenvalue weighted by molar-refractivity contribution is -0.120. The van der Waals surface area contributed by atoms with Crippen LogP contribution < -0.4 is 14.8 Å². The number of hydrogen-bond acceptors (Lipinski definition) is 4. The van der Waals surface area contributed by atoms with E-state index in [1.54, 1.807) is 30.3 Å². The van der Waals surface area contributed by atoms with Crippen LogP contribution in [0, 0.1) is 11.3 Å². The molecular formula is C18H15ClN2O3. The van der Waals surface area contributed by atoms with Crippen LogP contribution in [0.2, 0.25) is 5.02 Å². The Morgan fingerprint density at radius 2 is 2.04 bits per heavy atom. The van der Waals surface area contributed by atoms with E-state index in [4.69, 9.17) is 26.3 Å². The summed E-state index contributed by atoms with van der Waals surface area (Å²) in [5.74, 6) is 0.962. The Labute approximate surface area is 144 Å². The van der Waals surface area contributed by atoms with Crippen molar-refractivity contribution in [3.05, 3.63) is 58.1 Å². The monoisotopic (exact) mass is 342 g/mol. The molecule has 0 aliphatic carbocycles. The Morgan fingerprint density at radius 3 is 2.88 bits per heavy atom. The number of benzene rings is 2. The highest BCUT2D eigenvalue weighted by molar-refractivity contribution is 6.32. The van der Waals surface area contributed by atoms with Gasteiger partial charge in [-0.3, -0.25) is 4.79 Å². The van der Waals surface area contributed by atoms with Gasteiger partial charge in [0.05, 0.1) is 23.1 Å². The summed E-state index contributed by atoms with van der Waals surface area (Å²) in [5, 5.41) is 12.2. The molecule has 24 heavy (non-hydrogen) atoms. The molecule has 122 valence electrons. The third-order valence-electron chi connectivity index (χ3n) is 3.57. The molecule has 1 N–H and O–H groups in total. The number of nitrogens with zero attached hydrogens (tertiary/aromatic N) is 1. The zero-order chi connectivity index (χ0) is 16.9. The van der Waals surface area contributed by atoms with Gasteiger partial charge in [0.25, 0.3) is 0 Å². The molecular weight excluding hydrogens is 328 g/mol. The number of ether oxygens (including phenoxy) is 2. The molecule has 0 fully saturated rings. The van der Waals surface area contributed by atoms with Crippen molar-refractivity contribution in [2.75, 3.05) is 13.2 Å². The second-order valence-electron chi connectivity index (χ2n) is 5.37. The molecule has 0 spiro atoms. The highest BCUT2D eigenvalue weighted by Crippen LogP contribution is 2.38. The van der Waals surface area contributed by atoms with Crippen molar-refractivity contribution in [1.82, 2.24) is 5.32 Å². The van der Waals surface area contributed by atoms with Gasteiger partial charge in [-0.05, 0) is 35.4 Å². The quantitative estimate of drug-likeness (QED) is 0.927. The normalized spacial score (nSPS) is 12.3. The molecule has 5 nitrogen and oxygen atoms in total. The molecule has 0 saturated carbocycles. The van der Waals surface area contributed by atoms with Crippen LogP contribution >= 0.6 is 11.6 Å². The van der Waals surface area contributed by atoms with Gasteiger partial charge in [0.2, 0.25) is 5.91 Å². The maximum absolute atomic E-state index is 12.1. The molecule has 0 radical (unpaired) electrons. The first kappa shape index (κ1) is 16.2. The zero-order valence-electron chi connectivity index (χ0n) is 12.8. The van der Waals surface area contributed by atoms with Gasteiger partial charge in [0.1, 0.15) is 13.2 Å². The Kier molecular flexibility index (Phi) is 4.88. The Balaban J connectivity index is 1.63. The van der Waals surface area contributed by atoms with Gasteiger partial charge in [-0.2, -0.15) is 5.26 Å². The van der Waals surface area contributed by atoms with Crippen LogP contribution in [-0.2, 0) is 17.8 Å². The van der Waals surface area contributed by atoms with Crippen LogP contribution in [-0.4, -0.2) is 19.1 Å². The van der Waals surface area contributed by atoms with E-state index in [-0.39, 0.29) is 12.3 Å². The molecule has 1 aliphatic heterocycles. The smallest absolute Gasteiger partial charge is 0.224 e. The number of amides is 1. The highest BCUT2D eigenvalue weighted by atomic mass is 35.5. The summed E-state index contributed by atoms with van der Waals surface area (Å²) < 4.78 is 11.0. The first-order chi connectivity index (χ1) is 11.7. The van der Waals surface area contributed by atoms with Gasteiger partial charge in [0.15, 0.2) is 11.5 Å². The minimum atomic E-state index is -0.134. The van der Waals surface area contributed by atoms with Gasteiger partial charge in [-0.15, -0.1) is 0 Å². The fourth-order valence-electron chi connectivity index (χ4n) is 2.47. The number of fused-ring (bicyclic) bond motifs is 1. The van der Waals surface area contributed by atoms with Crippen LogP contribution in [0.5, 0.6) is 11.5 Å². The number of carbonyl (C=O) groups is 1. The van der Waals surface area contributed by atoms with E-state index in [0.29, 0.717) is 41.8 Å². The van der Waals surface area contributed by atoms with Gasteiger partial charge < -0.3 is 14.8 Å². The summed E-state index contributed by atoms with van der Waals surface area (Å²) in [6.07, 6.45) is 0.189. The maximum Gasteiger partial charge on any atom is 0.224 e. The van der Waals surface area contributed by atoms with Crippen molar-refractivity contribution in [2.24, 2.45) is 0 Å². The van der Waals surface area contributed by atoms with E-state index in [1.807, 2.05) is 6.07 Å². The minimum Gasteiger partial charge on any atom is -0.486 e. The average Bonchev–Trinajstić information content (AvgIpc) is 2.60. The van der Waals surface area contributed by atoms with Gasteiger partial charge in [-0.1, -0.05) is 23.7 Å². The molecule has 0 bridgehead atoms. The van der Waals surface area contributed by atoms with Crippen LogP contribution in [0.15, 0.2) is 36.4 Å². The molecule has 0 unspecified atom stereocenters. The van der Waals surface area contributed by atoms with E-state index < -0.39 is 0 Å². The fourth-order valence-corrected chi connectivity index (χ4v) is 2.75. The molecule has 0 atom stereocenters. The summed E-state index contributed by atoms with van der Waals surface area (Å²) in [6, 6.07) is 12.7. The Morgan fingerprint density at radius 1 is 1.21 bits per heavy atom. The van der Waals surface area contributed by atoms with Crippen molar-refractivity contribution in [3.8, 4) is 17.6 Å². The number of hydrogen-bond donors (Lipinski definition) is 1. The molecule has 0 saturated heterocycles. The van der Waals surface area contributed by atoms with E-state index in [1.165, 1.54) is 0 Å². The Hall–Kier alpha value is -2.71. The second-order valence-corrected chi connectivity index (χ2v) is 5.77.